The lowest BCUT2D eigenvalue weighted by Gasteiger charge is -2.12. The van der Waals surface area contributed by atoms with Gasteiger partial charge in [-0.3, -0.25) is 9.29 Å². The molecule has 4 rings (SSSR count). The number of aromatic nitrogens is 4. The lowest BCUT2D eigenvalue weighted by atomic mass is 10.2. The first-order valence-electron chi connectivity index (χ1n) is 9.30. The minimum absolute atomic E-state index is 0.144. The fourth-order valence-corrected chi connectivity index (χ4v) is 4.58. The third-order valence-electron chi connectivity index (χ3n) is 4.57. The Balaban J connectivity index is 1.50. The lowest BCUT2D eigenvalue weighted by Crippen LogP contribution is -2.14. The maximum atomic E-state index is 12.7. The van der Waals surface area contributed by atoms with Crippen molar-refractivity contribution in [3.8, 4) is 5.82 Å². The maximum absolute atomic E-state index is 12.7. The van der Waals surface area contributed by atoms with Crippen LogP contribution in [0.5, 0.6) is 0 Å². The summed E-state index contributed by atoms with van der Waals surface area (Å²) < 4.78 is 29.9. The third-order valence-corrected chi connectivity index (χ3v) is 6.33. The fourth-order valence-electron chi connectivity index (χ4n) is 3.01. The average molecular weight is 455 g/mol. The Morgan fingerprint density at radius 2 is 1.68 bits per heavy atom. The van der Waals surface area contributed by atoms with Crippen molar-refractivity contribution in [3.63, 3.8) is 0 Å². The normalized spacial score (nSPS) is 11.3. The van der Waals surface area contributed by atoms with Gasteiger partial charge in [0.25, 0.3) is 10.0 Å². The van der Waals surface area contributed by atoms with Crippen LogP contribution in [0.2, 0.25) is 5.02 Å². The van der Waals surface area contributed by atoms with Gasteiger partial charge < -0.3 is 5.32 Å². The van der Waals surface area contributed by atoms with Crippen LogP contribution in [0, 0.1) is 13.8 Å². The predicted octanol–water partition coefficient (Wildman–Crippen LogP) is 4.48. The minimum atomic E-state index is -3.76. The number of hydrogen-bond acceptors (Lipinski definition) is 6. The van der Waals surface area contributed by atoms with E-state index in [-0.39, 0.29) is 4.90 Å². The van der Waals surface area contributed by atoms with E-state index in [0.29, 0.717) is 27.9 Å². The molecule has 0 aliphatic heterocycles. The zero-order valence-corrected chi connectivity index (χ0v) is 18.3. The van der Waals surface area contributed by atoms with Crippen LogP contribution in [0.3, 0.4) is 0 Å². The van der Waals surface area contributed by atoms with E-state index in [1.165, 1.54) is 12.4 Å². The number of aryl methyl sites for hydroxylation is 2. The van der Waals surface area contributed by atoms with Gasteiger partial charge in [-0.25, -0.2) is 23.4 Å². The van der Waals surface area contributed by atoms with E-state index < -0.39 is 10.0 Å². The number of benzene rings is 2. The van der Waals surface area contributed by atoms with Gasteiger partial charge in [0.15, 0.2) is 0 Å². The molecule has 158 valence electrons. The van der Waals surface area contributed by atoms with Crippen molar-refractivity contribution >= 4 is 38.8 Å². The fraction of sp³-hybridized carbons (Fsp3) is 0.0952. The van der Waals surface area contributed by atoms with Gasteiger partial charge in [-0.05, 0) is 55.8 Å². The smallest absolute Gasteiger partial charge is 0.262 e. The van der Waals surface area contributed by atoms with Gasteiger partial charge >= 0.3 is 0 Å². The summed E-state index contributed by atoms with van der Waals surface area (Å²) in [6, 6.07) is 13.4. The number of halogens is 1. The molecule has 0 aliphatic carbocycles. The Kier molecular flexibility index (Phi) is 5.62. The Bertz CT molecular complexity index is 1340. The zero-order valence-electron chi connectivity index (χ0n) is 16.7. The average Bonchev–Trinajstić information content (AvgIpc) is 3.17. The van der Waals surface area contributed by atoms with E-state index >= 15 is 0 Å². The monoisotopic (exact) mass is 454 g/mol. The summed E-state index contributed by atoms with van der Waals surface area (Å²) in [6.45, 7) is 3.61. The Morgan fingerprint density at radius 3 is 2.39 bits per heavy atom. The molecule has 10 heteroatoms. The number of sulfonamides is 1. The third kappa shape index (κ3) is 4.68. The van der Waals surface area contributed by atoms with Gasteiger partial charge in [0.2, 0.25) is 0 Å². The van der Waals surface area contributed by atoms with Crippen molar-refractivity contribution in [1.82, 2.24) is 19.5 Å². The Morgan fingerprint density at radius 1 is 0.935 bits per heavy atom. The van der Waals surface area contributed by atoms with Crippen LogP contribution < -0.4 is 10.0 Å². The standard InChI is InChI=1S/C21H19ClN6O2S/c1-14-3-4-16(22)11-19(14)31(29,30)27-18-7-5-17(6-8-18)26-20-12-21(25-13-24-20)28-10-9-23-15(28)2/h3-13,27H,1-2H3,(H,24,25,26). The van der Waals surface area contributed by atoms with Crippen molar-refractivity contribution in [2.75, 3.05) is 10.0 Å². The molecule has 2 N–H and O–H groups in total. The first kappa shape index (κ1) is 20.8. The molecule has 0 saturated carbocycles. The molecule has 0 spiro atoms. The molecule has 0 radical (unpaired) electrons. The van der Waals surface area contributed by atoms with E-state index in [1.807, 2.05) is 17.7 Å². The first-order valence-corrected chi connectivity index (χ1v) is 11.2. The quantitative estimate of drug-likeness (QED) is 0.445. The summed E-state index contributed by atoms with van der Waals surface area (Å²) in [7, 11) is -3.76. The molecule has 0 fully saturated rings. The van der Waals surface area contributed by atoms with Gasteiger partial charge in [-0.2, -0.15) is 0 Å². The molecule has 2 heterocycles. The van der Waals surface area contributed by atoms with E-state index in [4.69, 9.17) is 11.6 Å². The van der Waals surface area contributed by atoms with Crippen LogP contribution in [0.25, 0.3) is 5.82 Å². The summed E-state index contributed by atoms with van der Waals surface area (Å²) in [4.78, 5) is 12.8. The molecule has 2 aromatic carbocycles. The number of imidazole rings is 1. The number of hydrogen-bond donors (Lipinski definition) is 2. The molecule has 2 aromatic heterocycles. The van der Waals surface area contributed by atoms with Crippen molar-refractivity contribution in [3.05, 3.63) is 83.7 Å². The van der Waals surface area contributed by atoms with Gasteiger partial charge in [-0.15, -0.1) is 0 Å². The summed E-state index contributed by atoms with van der Waals surface area (Å²) in [5.74, 6) is 2.10. The molecule has 8 nitrogen and oxygen atoms in total. The number of nitrogens with zero attached hydrogens (tertiary/aromatic N) is 4. The Labute approximate surface area is 185 Å². The Hall–Kier alpha value is -3.43. The molecule has 0 atom stereocenters. The molecule has 0 unspecified atom stereocenters. The summed E-state index contributed by atoms with van der Waals surface area (Å²) in [5, 5.41) is 3.55. The van der Waals surface area contributed by atoms with Crippen molar-refractivity contribution < 1.29 is 8.42 Å². The zero-order chi connectivity index (χ0) is 22.0. The van der Waals surface area contributed by atoms with Crippen molar-refractivity contribution in [2.24, 2.45) is 0 Å². The highest BCUT2D eigenvalue weighted by Crippen LogP contribution is 2.24. The summed E-state index contributed by atoms with van der Waals surface area (Å²) in [6.07, 6.45) is 4.99. The number of nitrogens with one attached hydrogen (secondary N) is 2. The number of rotatable bonds is 6. The van der Waals surface area contributed by atoms with Crippen LogP contribution in [-0.4, -0.2) is 27.9 Å². The molecular weight excluding hydrogens is 436 g/mol. The van der Waals surface area contributed by atoms with Crippen LogP contribution in [0.1, 0.15) is 11.4 Å². The second kappa shape index (κ2) is 8.37. The molecule has 31 heavy (non-hydrogen) atoms. The van der Waals surface area contributed by atoms with Crippen LogP contribution >= 0.6 is 11.6 Å². The van der Waals surface area contributed by atoms with E-state index in [1.54, 1.807) is 55.6 Å². The highest BCUT2D eigenvalue weighted by Gasteiger charge is 2.17. The maximum Gasteiger partial charge on any atom is 0.262 e. The number of anilines is 3. The van der Waals surface area contributed by atoms with Crippen molar-refractivity contribution in [2.45, 2.75) is 18.7 Å². The van der Waals surface area contributed by atoms with Crippen molar-refractivity contribution in [1.29, 1.82) is 0 Å². The van der Waals surface area contributed by atoms with E-state index in [0.717, 1.165) is 11.5 Å². The van der Waals surface area contributed by atoms with Crippen LogP contribution in [0.15, 0.2) is 72.1 Å². The van der Waals surface area contributed by atoms with Gasteiger partial charge in [0.1, 0.15) is 23.8 Å². The summed E-state index contributed by atoms with van der Waals surface area (Å²) in [5.41, 5.74) is 1.79. The molecule has 0 saturated heterocycles. The second-order valence-corrected chi connectivity index (χ2v) is 8.91. The van der Waals surface area contributed by atoms with Gasteiger partial charge in [0, 0.05) is 34.9 Å². The minimum Gasteiger partial charge on any atom is -0.340 e. The van der Waals surface area contributed by atoms with Gasteiger partial charge in [-0.1, -0.05) is 17.7 Å². The molecule has 0 amide bonds. The second-order valence-electron chi connectivity index (χ2n) is 6.82. The lowest BCUT2D eigenvalue weighted by molar-refractivity contribution is 0.600. The topological polar surface area (TPSA) is 102 Å². The van der Waals surface area contributed by atoms with Crippen LogP contribution in [0.4, 0.5) is 17.2 Å². The molecule has 0 bridgehead atoms. The SMILES string of the molecule is Cc1ccc(Cl)cc1S(=O)(=O)Nc1ccc(Nc2cc(-n3ccnc3C)ncn2)cc1. The predicted molar refractivity (Wildman–Crippen MR) is 121 cm³/mol. The molecule has 4 aromatic rings. The first-order chi connectivity index (χ1) is 14.8. The largest absolute Gasteiger partial charge is 0.340 e. The van der Waals surface area contributed by atoms with E-state index in [9.17, 15) is 8.42 Å². The highest BCUT2D eigenvalue weighted by atomic mass is 35.5. The molecule has 0 aliphatic rings. The van der Waals surface area contributed by atoms with Gasteiger partial charge in [0.05, 0.1) is 4.90 Å². The summed E-state index contributed by atoms with van der Waals surface area (Å²) >= 11 is 5.96. The highest BCUT2D eigenvalue weighted by molar-refractivity contribution is 7.92. The molecular formula is C21H19ClN6O2S. The van der Waals surface area contributed by atoms with Crippen LogP contribution in [-0.2, 0) is 10.0 Å². The van der Waals surface area contributed by atoms with E-state index in [2.05, 4.69) is 25.0 Å².